The average molecular weight is 304 g/mol. The Morgan fingerprint density at radius 2 is 2.21 bits per heavy atom. The van der Waals surface area contributed by atoms with E-state index >= 15 is 0 Å². The molecule has 0 aliphatic carbocycles. The summed E-state index contributed by atoms with van der Waals surface area (Å²) in [6.45, 7) is 1.89. The molecule has 0 heterocycles. The lowest BCUT2D eigenvalue weighted by Gasteiger charge is -2.10. The molecule has 4 heteroatoms. The van der Waals surface area contributed by atoms with Crippen molar-refractivity contribution in [2.45, 2.75) is 19.4 Å². The first-order valence-corrected chi connectivity index (χ1v) is 5.54. The minimum absolute atomic E-state index is 0.128. The minimum Gasteiger partial charge on any atom is -0.324 e. The molecule has 0 aliphatic heterocycles. The quantitative estimate of drug-likeness (QED) is 0.839. The molecule has 0 aromatic heterocycles. The maximum Gasteiger partial charge on any atom is 0.241 e. The fourth-order valence-corrected chi connectivity index (χ4v) is 1.50. The van der Waals surface area contributed by atoms with Crippen LogP contribution in [0.3, 0.4) is 0 Å². The Morgan fingerprint density at radius 1 is 1.57 bits per heavy atom. The second-order valence-electron chi connectivity index (χ2n) is 2.98. The molecule has 1 aromatic carbocycles. The number of amides is 1. The maximum absolute atomic E-state index is 11.5. The monoisotopic (exact) mass is 304 g/mol. The van der Waals surface area contributed by atoms with Crippen LogP contribution in [-0.2, 0) is 4.79 Å². The minimum atomic E-state index is -0.425. The van der Waals surface area contributed by atoms with Crippen molar-refractivity contribution in [1.82, 2.24) is 0 Å². The van der Waals surface area contributed by atoms with Crippen molar-refractivity contribution in [2.24, 2.45) is 5.73 Å². The highest BCUT2D eigenvalue weighted by atomic mass is 127. The van der Waals surface area contributed by atoms with Crippen molar-refractivity contribution >= 4 is 34.2 Å². The third-order valence-corrected chi connectivity index (χ3v) is 2.85. The summed E-state index contributed by atoms with van der Waals surface area (Å²) in [4.78, 5) is 11.5. The number of carbonyl (C=O) groups excluding carboxylic acids is 1. The van der Waals surface area contributed by atoms with Gasteiger partial charge in [0.25, 0.3) is 0 Å². The van der Waals surface area contributed by atoms with Gasteiger partial charge in [-0.2, -0.15) is 0 Å². The van der Waals surface area contributed by atoms with Crippen LogP contribution in [0, 0.1) is 3.57 Å². The van der Waals surface area contributed by atoms with E-state index < -0.39 is 6.04 Å². The summed E-state index contributed by atoms with van der Waals surface area (Å²) in [6, 6.07) is 7.19. The van der Waals surface area contributed by atoms with Crippen LogP contribution in [0.25, 0.3) is 0 Å². The standard InChI is InChI=1S/C10H13IN2O/c1-2-8(12)10(14)13-9-6-4-3-5-7(9)11/h3-6,8H,2,12H2,1H3,(H,13,14)/t8-/m0/s1. The Hall–Kier alpha value is -0.620. The van der Waals surface area contributed by atoms with Gasteiger partial charge >= 0.3 is 0 Å². The van der Waals surface area contributed by atoms with Crippen molar-refractivity contribution in [3.63, 3.8) is 0 Å². The fourth-order valence-electron chi connectivity index (χ4n) is 0.973. The Bertz CT molecular complexity index is 328. The normalized spacial score (nSPS) is 12.2. The van der Waals surface area contributed by atoms with Gasteiger partial charge in [-0.15, -0.1) is 0 Å². The van der Waals surface area contributed by atoms with E-state index in [0.29, 0.717) is 6.42 Å². The Morgan fingerprint density at radius 3 is 2.79 bits per heavy atom. The summed E-state index contributed by atoms with van der Waals surface area (Å²) in [5.41, 5.74) is 6.42. The number of para-hydroxylation sites is 1. The van der Waals surface area contributed by atoms with Gasteiger partial charge < -0.3 is 11.1 Å². The summed E-state index contributed by atoms with van der Waals surface area (Å²) < 4.78 is 1.02. The molecule has 0 bridgehead atoms. The van der Waals surface area contributed by atoms with Crippen LogP contribution in [0.1, 0.15) is 13.3 Å². The lowest BCUT2D eigenvalue weighted by atomic mass is 10.2. The molecule has 3 nitrogen and oxygen atoms in total. The van der Waals surface area contributed by atoms with E-state index in [-0.39, 0.29) is 5.91 Å². The molecule has 0 fully saturated rings. The van der Waals surface area contributed by atoms with E-state index in [2.05, 4.69) is 27.9 Å². The van der Waals surface area contributed by atoms with E-state index in [0.717, 1.165) is 9.26 Å². The predicted octanol–water partition coefficient (Wildman–Crippen LogP) is 1.97. The Kier molecular flexibility index (Phi) is 4.34. The molecular formula is C10H13IN2O. The molecule has 3 N–H and O–H groups in total. The van der Waals surface area contributed by atoms with Crippen LogP contribution >= 0.6 is 22.6 Å². The van der Waals surface area contributed by atoms with Gasteiger partial charge in [0, 0.05) is 3.57 Å². The maximum atomic E-state index is 11.5. The molecule has 0 spiro atoms. The molecule has 0 aliphatic rings. The van der Waals surface area contributed by atoms with Crippen LogP contribution in [0.15, 0.2) is 24.3 Å². The second-order valence-corrected chi connectivity index (χ2v) is 4.15. The first-order valence-electron chi connectivity index (χ1n) is 4.46. The van der Waals surface area contributed by atoms with Crippen LogP contribution in [0.4, 0.5) is 5.69 Å². The fraction of sp³-hybridized carbons (Fsp3) is 0.300. The zero-order chi connectivity index (χ0) is 10.6. The summed E-state index contributed by atoms with van der Waals surface area (Å²) in [5.74, 6) is -0.128. The molecule has 1 atom stereocenters. The van der Waals surface area contributed by atoms with Gasteiger partial charge in [0.05, 0.1) is 11.7 Å². The number of hydrogen-bond donors (Lipinski definition) is 2. The number of nitrogens with two attached hydrogens (primary N) is 1. The van der Waals surface area contributed by atoms with Gasteiger partial charge in [-0.1, -0.05) is 19.1 Å². The van der Waals surface area contributed by atoms with E-state index in [9.17, 15) is 4.79 Å². The largest absolute Gasteiger partial charge is 0.324 e. The summed E-state index contributed by atoms with van der Waals surface area (Å²) >= 11 is 2.17. The summed E-state index contributed by atoms with van der Waals surface area (Å²) in [5, 5.41) is 2.79. The highest BCUT2D eigenvalue weighted by Crippen LogP contribution is 2.16. The third kappa shape index (κ3) is 2.95. The second kappa shape index (κ2) is 5.31. The van der Waals surface area contributed by atoms with Crippen LogP contribution < -0.4 is 11.1 Å². The van der Waals surface area contributed by atoms with Gasteiger partial charge in [0.15, 0.2) is 0 Å². The smallest absolute Gasteiger partial charge is 0.241 e. The zero-order valence-corrected chi connectivity index (χ0v) is 10.1. The van der Waals surface area contributed by atoms with E-state index in [1.807, 2.05) is 31.2 Å². The van der Waals surface area contributed by atoms with E-state index in [4.69, 9.17) is 5.73 Å². The van der Waals surface area contributed by atoms with Crippen molar-refractivity contribution in [3.05, 3.63) is 27.8 Å². The highest BCUT2D eigenvalue weighted by molar-refractivity contribution is 14.1. The molecule has 76 valence electrons. The number of hydrogen-bond acceptors (Lipinski definition) is 2. The molecule has 1 aromatic rings. The van der Waals surface area contributed by atoms with Gasteiger partial charge in [-0.05, 0) is 41.1 Å². The highest BCUT2D eigenvalue weighted by Gasteiger charge is 2.11. The van der Waals surface area contributed by atoms with Gasteiger partial charge in [-0.3, -0.25) is 4.79 Å². The molecule has 0 unspecified atom stereocenters. The van der Waals surface area contributed by atoms with Crippen molar-refractivity contribution in [1.29, 1.82) is 0 Å². The Balaban J connectivity index is 2.70. The number of anilines is 1. The molecule has 0 saturated carbocycles. The van der Waals surface area contributed by atoms with Crippen LogP contribution in [-0.4, -0.2) is 11.9 Å². The SMILES string of the molecule is CC[C@H](N)C(=O)Nc1ccccc1I. The molecular weight excluding hydrogens is 291 g/mol. The molecule has 0 saturated heterocycles. The van der Waals surface area contributed by atoms with Gasteiger partial charge in [0.1, 0.15) is 0 Å². The van der Waals surface area contributed by atoms with E-state index in [1.165, 1.54) is 0 Å². The number of rotatable bonds is 3. The first kappa shape index (κ1) is 11.5. The molecule has 14 heavy (non-hydrogen) atoms. The van der Waals surface area contributed by atoms with Gasteiger partial charge in [-0.25, -0.2) is 0 Å². The molecule has 1 rings (SSSR count). The van der Waals surface area contributed by atoms with Crippen molar-refractivity contribution in [3.8, 4) is 0 Å². The molecule has 1 amide bonds. The third-order valence-electron chi connectivity index (χ3n) is 1.91. The number of carbonyl (C=O) groups is 1. The van der Waals surface area contributed by atoms with Crippen LogP contribution in [0.5, 0.6) is 0 Å². The lowest BCUT2D eigenvalue weighted by Crippen LogP contribution is -2.34. The summed E-state index contributed by atoms with van der Waals surface area (Å²) in [7, 11) is 0. The molecule has 0 radical (unpaired) electrons. The predicted molar refractivity (Wildman–Crippen MR) is 66.1 cm³/mol. The Labute approximate surface area is 97.2 Å². The van der Waals surface area contributed by atoms with Crippen LogP contribution in [0.2, 0.25) is 0 Å². The first-order chi connectivity index (χ1) is 6.65. The van der Waals surface area contributed by atoms with Crippen molar-refractivity contribution in [2.75, 3.05) is 5.32 Å². The topological polar surface area (TPSA) is 55.1 Å². The van der Waals surface area contributed by atoms with Crippen molar-refractivity contribution < 1.29 is 4.79 Å². The lowest BCUT2D eigenvalue weighted by molar-refractivity contribution is -0.117. The summed E-state index contributed by atoms with van der Waals surface area (Å²) in [6.07, 6.45) is 0.648. The number of benzene rings is 1. The zero-order valence-electron chi connectivity index (χ0n) is 7.96. The number of nitrogens with one attached hydrogen (secondary N) is 1. The average Bonchev–Trinajstić information content (AvgIpc) is 2.20. The van der Waals surface area contributed by atoms with Gasteiger partial charge in [0.2, 0.25) is 5.91 Å². The number of halogens is 1. The van der Waals surface area contributed by atoms with E-state index in [1.54, 1.807) is 0 Å².